The van der Waals surface area contributed by atoms with E-state index in [9.17, 15) is 4.79 Å². The van der Waals surface area contributed by atoms with E-state index >= 15 is 0 Å². The number of hydrogen-bond acceptors (Lipinski definition) is 3. The van der Waals surface area contributed by atoms with E-state index in [0.29, 0.717) is 18.5 Å². The molecule has 3 N–H and O–H groups in total. The van der Waals surface area contributed by atoms with Gasteiger partial charge in [-0.2, -0.15) is 0 Å². The highest BCUT2D eigenvalue weighted by Gasteiger charge is 2.26. The lowest BCUT2D eigenvalue weighted by Crippen LogP contribution is -2.50. The molecular formula is C12H25N3O. The number of carbonyl (C=O) groups excluding carboxylic acids is 1. The fourth-order valence-electron chi connectivity index (χ4n) is 2.27. The third kappa shape index (κ3) is 4.10. The summed E-state index contributed by atoms with van der Waals surface area (Å²) in [6, 6.07) is 0.538. The first-order valence-corrected chi connectivity index (χ1v) is 6.30. The summed E-state index contributed by atoms with van der Waals surface area (Å²) in [5.41, 5.74) is 6.04. The number of nitrogens with two attached hydrogens (primary N) is 1. The van der Waals surface area contributed by atoms with Crippen LogP contribution in [0.3, 0.4) is 0 Å². The predicted octanol–water partition coefficient (Wildman–Crippen LogP) is 0.570. The van der Waals surface area contributed by atoms with Crippen molar-refractivity contribution in [3.63, 3.8) is 0 Å². The summed E-state index contributed by atoms with van der Waals surface area (Å²) < 4.78 is 0. The molecule has 1 heterocycles. The summed E-state index contributed by atoms with van der Waals surface area (Å²) in [7, 11) is 0. The lowest BCUT2D eigenvalue weighted by Gasteiger charge is -2.36. The Bertz CT molecular complexity index is 230. The molecule has 2 unspecified atom stereocenters. The normalized spacial score (nSPS) is 27.1. The number of nitrogens with one attached hydrogen (secondary N) is 1. The third-order valence-electron chi connectivity index (χ3n) is 3.22. The van der Waals surface area contributed by atoms with Crippen LogP contribution in [0.1, 0.15) is 33.6 Å². The van der Waals surface area contributed by atoms with Crippen molar-refractivity contribution in [1.29, 1.82) is 0 Å². The number of carbonyl (C=O) groups is 1. The molecule has 0 aromatic rings. The van der Waals surface area contributed by atoms with E-state index in [-0.39, 0.29) is 11.9 Å². The second-order valence-electron chi connectivity index (χ2n) is 5.08. The lowest BCUT2D eigenvalue weighted by atomic mass is 9.91. The summed E-state index contributed by atoms with van der Waals surface area (Å²) in [5.74, 6) is 0.668. The molecule has 1 fully saturated rings. The highest BCUT2D eigenvalue weighted by atomic mass is 16.2. The van der Waals surface area contributed by atoms with Crippen LogP contribution in [0.2, 0.25) is 0 Å². The SMILES string of the molecule is CCC1CN(CC(=O)NC(C)C)CCC1N. The zero-order valence-electron chi connectivity index (χ0n) is 10.7. The summed E-state index contributed by atoms with van der Waals surface area (Å²) in [4.78, 5) is 13.8. The van der Waals surface area contributed by atoms with Crippen molar-refractivity contribution in [3.05, 3.63) is 0 Å². The maximum Gasteiger partial charge on any atom is 0.234 e. The second-order valence-corrected chi connectivity index (χ2v) is 5.08. The van der Waals surface area contributed by atoms with Gasteiger partial charge in [0.05, 0.1) is 6.54 Å². The van der Waals surface area contributed by atoms with Crippen molar-refractivity contribution in [2.24, 2.45) is 11.7 Å². The number of piperidine rings is 1. The zero-order chi connectivity index (χ0) is 12.1. The largest absolute Gasteiger partial charge is 0.353 e. The molecule has 4 heteroatoms. The minimum absolute atomic E-state index is 0.125. The van der Waals surface area contributed by atoms with Gasteiger partial charge in [-0.25, -0.2) is 0 Å². The molecule has 4 nitrogen and oxygen atoms in total. The van der Waals surface area contributed by atoms with Crippen molar-refractivity contribution in [1.82, 2.24) is 10.2 Å². The van der Waals surface area contributed by atoms with Crippen molar-refractivity contribution >= 4 is 5.91 Å². The van der Waals surface area contributed by atoms with E-state index in [1.807, 2.05) is 13.8 Å². The Hall–Kier alpha value is -0.610. The Labute approximate surface area is 98.6 Å². The Morgan fingerprint density at radius 3 is 2.81 bits per heavy atom. The number of hydrogen-bond donors (Lipinski definition) is 2. The standard InChI is InChI=1S/C12H25N3O/c1-4-10-7-15(6-5-11(10)13)8-12(16)14-9(2)3/h9-11H,4-8,13H2,1-3H3,(H,14,16). The van der Waals surface area contributed by atoms with Gasteiger partial charge in [-0.1, -0.05) is 13.3 Å². The highest BCUT2D eigenvalue weighted by Crippen LogP contribution is 2.17. The van der Waals surface area contributed by atoms with E-state index in [1.165, 1.54) is 0 Å². The van der Waals surface area contributed by atoms with Gasteiger partial charge in [-0.05, 0) is 26.2 Å². The van der Waals surface area contributed by atoms with E-state index in [2.05, 4.69) is 17.1 Å². The van der Waals surface area contributed by atoms with Crippen LogP contribution in [0, 0.1) is 5.92 Å². The van der Waals surface area contributed by atoms with Crippen LogP contribution in [0.4, 0.5) is 0 Å². The molecule has 0 aromatic carbocycles. The predicted molar refractivity (Wildman–Crippen MR) is 66.1 cm³/mol. The van der Waals surface area contributed by atoms with Gasteiger partial charge in [0.2, 0.25) is 5.91 Å². The molecule has 0 saturated carbocycles. The molecule has 0 aliphatic carbocycles. The quantitative estimate of drug-likeness (QED) is 0.738. The molecule has 94 valence electrons. The minimum atomic E-state index is 0.125. The first kappa shape index (κ1) is 13.5. The van der Waals surface area contributed by atoms with Crippen LogP contribution < -0.4 is 11.1 Å². The molecule has 1 aliphatic rings. The van der Waals surface area contributed by atoms with Crippen molar-refractivity contribution < 1.29 is 4.79 Å². The van der Waals surface area contributed by atoms with Gasteiger partial charge in [0.1, 0.15) is 0 Å². The van der Waals surface area contributed by atoms with Crippen molar-refractivity contribution in [3.8, 4) is 0 Å². The molecule has 0 aromatic heterocycles. The molecule has 1 amide bonds. The maximum absolute atomic E-state index is 11.6. The van der Waals surface area contributed by atoms with Crippen molar-refractivity contribution in [2.75, 3.05) is 19.6 Å². The molecule has 1 saturated heterocycles. The topological polar surface area (TPSA) is 58.4 Å². The van der Waals surface area contributed by atoms with E-state index in [0.717, 1.165) is 25.9 Å². The Morgan fingerprint density at radius 1 is 1.56 bits per heavy atom. The Balaban J connectivity index is 2.35. The summed E-state index contributed by atoms with van der Waals surface area (Å²) >= 11 is 0. The van der Waals surface area contributed by atoms with Gasteiger partial charge in [-0.15, -0.1) is 0 Å². The van der Waals surface area contributed by atoms with Crippen LogP contribution in [-0.2, 0) is 4.79 Å². The van der Waals surface area contributed by atoms with Crippen LogP contribution in [0.5, 0.6) is 0 Å². The highest BCUT2D eigenvalue weighted by molar-refractivity contribution is 5.78. The van der Waals surface area contributed by atoms with Gasteiger partial charge < -0.3 is 11.1 Å². The number of rotatable bonds is 4. The summed E-state index contributed by atoms with van der Waals surface area (Å²) in [6.45, 7) is 8.56. The molecule has 16 heavy (non-hydrogen) atoms. The fourth-order valence-corrected chi connectivity index (χ4v) is 2.27. The van der Waals surface area contributed by atoms with E-state index in [4.69, 9.17) is 5.73 Å². The molecule has 0 spiro atoms. The lowest BCUT2D eigenvalue weighted by molar-refractivity contribution is -0.123. The first-order chi connectivity index (χ1) is 7.52. The van der Waals surface area contributed by atoms with Gasteiger partial charge in [0, 0.05) is 25.2 Å². The van der Waals surface area contributed by atoms with Gasteiger partial charge in [-0.3, -0.25) is 9.69 Å². The van der Waals surface area contributed by atoms with Gasteiger partial charge in [0.25, 0.3) is 0 Å². The number of nitrogens with zero attached hydrogens (tertiary/aromatic N) is 1. The Kier molecular flexibility index (Phi) is 5.22. The molecule has 1 rings (SSSR count). The molecule has 1 aliphatic heterocycles. The van der Waals surface area contributed by atoms with Crippen LogP contribution in [0.15, 0.2) is 0 Å². The summed E-state index contributed by atoms with van der Waals surface area (Å²) in [5, 5.41) is 2.92. The van der Waals surface area contributed by atoms with E-state index < -0.39 is 0 Å². The Morgan fingerprint density at radius 2 is 2.25 bits per heavy atom. The van der Waals surface area contributed by atoms with Crippen LogP contribution in [0.25, 0.3) is 0 Å². The van der Waals surface area contributed by atoms with Gasteiger partial charge >= 0.3 is 0 Å². The second kappa shape index (κ2) is 6.21. The average Bonchev–Trinajstić information content (AvgIpc) is 2.19. The fraction of sp³-hybridized carbons (Fsp3) is 0.917. The summed E-state index contributed by atoms with van der Waals surface area (Å²) in [6.07, 6.45) is 2.11. The van der Waals surface area contributed by atoms with Crippen LogP contribution in [-0.4, -0.2) is 42.5 Å². The minimum Gasteiger partial charge on any atom is -0.353 e. The van der Waals surface area contributed by atoms with Crippen LogP contribution >= 0.6 is 0 Å². The third-order valence-corrected chi connectivity index (χ3v) is 3.22. The van der Waals surface area contributed by atoms with E-state index in [1.54, 1.807) is 0 Å². The monoisotopic (exact) mass is 227 g/mol. The average molecular weight is 227 g/mol. The molecular weight excluding hydrogens is 202 g/mol. The zero-order valence-corrected chi connectivity index (χ0v) is 10.7. The molecule has 2 atom stereocenters. The smallest absolute Gasteiger partial charge is 0.234 e. The first-order valence-electron chi connectivity index (χ1n) is 6.30. The van der Waals surface area contributed by atoms with Crippen molar-refractivity contribution in [2.45, 2.75) is 45.7 Å². The van der Waals surface area contributed by atoms with Gasteiger partial charge in [0.15, 0.2) is 0 Å². The maximum atomic E-state index is 11.6. The molecule has 0 bridgehead atoms. The molecule has 0 radical (unpaired) electrons. The number of likely N-dealkylation sites (tertiary alicyclic amines) is 1. The number of amides is 1.